The van der Waals surface area contributed by atoms with Crippen LogP contribution in [0.25, 0.3) is 0 Å². The van der Waals surface area contributed by atoms with Gasteiger partial charge in [-0.3, -0.25) is 19.2 Å². The first kappa shape index (κ1) is 38.0. The molecule has 2 aromatic carbocycles. The molecule has 3 fully saturated rings. The van der Waals surface area contributed by atoms with E-state index in [1.54, 1.807) is 29.0 Å². The molecule has 3 saturated heterocycles. The lowest BCUT2D eigenvalue weighted by Gasteiger charge is -2.41. The van der Waals surface area contributed by atoms with Crippen molar-refractivity contribution in [3.63, 3.8) is 0 Å². The summed E-state index contributed by atoms with van der Waals surface area (Å²) in [6, 6.07) is 16.6. The van der Waals surface area contributed by atoms with Crippen molar-refractivity contribution in [2.75, 3.05) is 20.2 Å². The van der Waals surface area contributed by atoms with Crippen LogP contribution in [0.5, 0.6) is 0 Å². The molecular weight excluding hydrogens is 646 g/mol. The Morgan fingerprint density at radius 1 is 1.08 bits per heavy atom. The highest BCUT2D eigenvalue weighted by molar-refractivity contribution is 5.98. The highest BCUT2D eigenvalue weighted by atomic mass is 16.6. The summed E-state index contributed by atoms with van der Waals surface area (Å²) in [5.41, 5.74) is 0.363. The number of hydrogen-bond donors (Lipinski definition) is 1. The lowest BCUT2D eigenvalue weighted by molar-refractivity contribution is -0.165. The minimum atomic E-state index is -1.27. The number of aliphatic hydroxyl groups is 1. The monoisotopic (exact) mass is 699 g/mol. The van der Waals surface area contributed by atoms with Crippen LogP contribution in [0.15, 0.2) is 86.0 Å². The van der Waals surface area contributed by atoms with Gasteiger partial charge in [0.2, 0.25) is 17.7 Å². The van der Waals surface area contributed by atoms with Gasteiger partial charge in [-0.25, -0.2) is 0 Å². The second-order valence-corrected chi connectivity index (χ2v) is 14.3. The summed E-state index contributed by atoms with van der Waals surface area (Å²) in [6.45, 7) is 13.6. The maximum absolute atomic E-state index is 14.9. The molecule has 2 aromatic rings. The minimum absolute atomic E-state index is 0.107. The van der Waals surface area contributed by atoms with Gasteiger partial charge in [0.25, 0.3) is 0 Å². The van der Waals surface area contributed by atoms with E-state index >= 15 is 0 Å². The molecule has 0 aliphatic carbocycles. The van der Waals surface area contributed by atoms with Gasteiger partial charge in [0.1, 0.15) is 17.7 Å². The average molecular weight is 700 g/mol. The van der Waals surface area contributed by atoms with Crippen LogP contribution in [0.4, 0.5) is 0 Å². The number of amides is 3. The van der Waals surface area contributed by atoms with E-state index in [9.17, 15) is 24.3 Å². The van der Waals surface area contributed by atoms with E-state index in [1.807, 2.05) is 81.4 Å². The number of rotatable bonds is 17. The van der Waals surface area contributed by atoms with Gasteiger partial charge >= 0.3 is 5.97 Å². The van der Waals surface area contributed by atoms with Gasteiger partial charge in [0.15, 0.2) is 0 Å². The normalized spacial score (nSPS) is 25.7. The van der Waals surface area contributed by atoms with Gasteiger partial charge in [-0.2, -0.15) is 0 Å². The van der Waals surface area contributed by atoms with Gasteiger partial charge in [-0.15, -0.1) is 13.2 Å². The minimum Gasteiger partial charge on any atom is -0.455 e. The van der Waals surface area contributed by atoms with E-state index in [1.165, 1.54) is 4.90 Å². The maximum Gasteiger partial charge on any atom is 0.313 e. The zero-order chi connectivity index (χ0) is 36.9. The second-order valence-electron chi connectivity index (χ2n) is 14.3. The number of likely N-dealkylation sites (N-methyl/N-ethyl adjacent to an activating group) is 1. The molecule has 9 atom stereocenters. The number of esters is 1. The Kier molecular flexibility index (Phi) is 12.2. The van der Waals surface area contributed by atoms with Crippen LogP contribution in [0.2, 0.25) is 0 Å². The molecule has 1 spiro atoms. The quantitative estimate of drug-likeness (QED) is 0.181. The zero-order valence-corrected chi connectivity index (χ0v) is 30.4. The Hall–Kier alpha value is -4.28. The molecule has 51 heavy (non-hydrogen) atoms. The summed E-state index contributed by atoms with van der Waals surface area (Å²) in [7, 11) is 1.69. The topological polar surface area (TPSA) is 117 Å². The standard InChI is InChI=1S/C41H53N3O7/c1-7-10-21-33(46)42(6)28(5)36(30-19-15-12-16-20-30)50-40(49)34-32-22-23-41(51-32)35(34)38(47)44(31(26-45)27(4)9-3)37(41)39(48)43(24-8-2)25-29-17-13-11-14-18-29/h7-8,11-20,27-28,31-32,34-37,45H,1-2,9-10,21-26H2,3-6H3/t27-,28-,31-,32+,34-,35-,36+,37+,41-/m0/s1. The molecular formula is C41H53N3O7. The largest absolute Gasteiger partial charge is 0.455 e. The Balaban J connectivity index is 1.52. The third kappa shape index (κ3) is 7.26. The Morgan fingerprint density at radius 2 is 1.75 bits per heavy atom. The summed E-state index contributed by atoms with van der Waals surface area (Å²) in [5.74, 6) is -3.47. The summed E-state index contributed by atoms with van der Waals surface area (Å²) >= 11 is 0. The van der Waals surface area contributed by atoms with Crippen LogP contribution in [0.3, 0.4) is 0 Å². The second kappa shape index (κ2) is 16.4. The molecule has 3 aliphatic rings. The van der Waals surface area contributed by atoms with Crippen LogP contribution in [0, 0.1) is 17.8 Å². The van der Waals surface area contributed by atoms with E-state index < -0.39 is 53.7 Å². The number of carbonyl (C=O) groups excluding carboxylic acids is 4. The number of ether oxygens (including phenoxy) is 2. The van der Waals surface area contributed by atoms with Crippen molar-refractivity contribution in [1.82, 2.24) is 14.7 Å². The number of carbonyl (C=O) groups is 4. The molecule has 1 N–H and O–H groups in total. The molecule has 2 bridgehead atoms. The molecule has 0 unspecified atom stereocenters. The van der Waals surface area contributed by atoms with Crippen molar-refractivity contribution in [1.29, 1.82) is 0 Å². The van der Waals surface area contributed by atoms with Crippen molar-refractivity contribution in [2.45, 2.75) is 95.4 Å². The maximum atomic E-state index is 14.9. The number of aliphatic hydroxyl groups excluding tert-OH is 1. The van der Waals surface area contributed by atoms with Crippen molar-refractivity contribution in [3.05, 3.63) is 97.1 Å². The van der Waals surface area contributed by atoms with Crippen LogP contribution in [0.1, 0.15) is 70.1 Å². The average Bonchev–Trinajstić information content (AvgIpc) is 3.80. The highest BCUT2D eigenvalue weighted by Gasteiger charge is 2.76. The number of benzene rings is 2. The summed E-state index contributed by atoms with van der Waals surface area (Å²) in [6.07, 6.45) is 4.25. The van der Waals surface area contributed by atoms with Gasteiger partial charge in [0, 0.05) is 26.6 Å². The third-order valence-electron chi connectivity index (χ3n) is 11.3. The fraction of sp³-hybridized carbons (Fsp3) is 0.512. The van der Waals surface area contributed by atoms with Crippen LogP contribution < -0.4 is 0 Å². The predicted octanol–water partition coefficient (Wildman–Crippen LogP) is 5.08. The Morgan fingerprint density at radius 3 is 2.35 bits per heavy atom. The number of allylic oxidation sites excluding steroid dienone is 1. The van der Waals surface area contributed by atoms with Gasteiger partial charge in [-0.05, 0) is 43.2 Å². The number of likely N-dealkylation sites (tertiary alicyclic amines) is 1. The fourth-order valence-corrected chi connectivity index (χ4v) is 8.30. The molecule has 0 saturated carbocycles. The van der Waals surface area contributed by atoms with E-state index in [0.29, 0.717) is 37.8 Å². The van der Waals surface area contributed by atoms with Crippen LogP contribution in [-0.4, -0.2) is 93.5 Å². The SMILES string of the molecule is C=CCCC(=O)N(C)[C@@H](C)[C@@H](OC(=O)[C@@H]1[C@H]2C(=O)N([C@@H](CO)[C@@H](C)CC)[C@H](C(=O)N(CC=C)Cc3ccccc3)[C@]23CC[C@H]1O3)c1ccccc1. The molecule has 10 nitrogen and oxygen atoms in total. The zero-order valence-electron chi connectivity index (χ0n) is 30.4. The van der Waals surface area contributed by atoms with E-state index in [4.69, 9.17) is 9.47 Å². The lowest BCUT2D eigenvalue weighted by atomic mass is 9.70. The first-order chi connectivity index (χ1) is 24.5. The molecule has 5 rings (SSSR count). The number of fused-ring (bicyclic) bond motifs is 1. The summed E-state index contributed by atoms with van der Waals surface area (Å²) < 4.78 is 13.1. The van der Waals surface area contributed by atoms with Crippen LogP contribution >= 0.6 is 0 Å². The van der Waals surface area contributed by atoms with E-state index in [2.05, 4.69) is 13.2 Å². The molecule has 0 radical (unpaired) electrons. The predicted molar refractivity (Wildman–Crippen MR) is 194 cm³/mol. The lowest BCUT2D eigenvalue weighted by Crippen LogP contribution is -2.59. The molecule has 10 heteroatoms. The van der Waals surface area contributed by atoms with Crippen LogP contribution in [-0.2, 0) is 35.2 Å². The first-order valence-corrected chi connectivity index (χ1v) is 18.2. The smallest absolute Gasteiger partial charge is 0.313 e. The Labute approximate surface area is 302 Å². The van der Waals surface area contributed by atoms with E-state index in [-0.39, 0.29) is 43.2 Å². The van der Waals surface area contributed by atoms with Crippen molar-refractivity contribution in [2.24, 2.45) is 17.8 Å². The molecule has 3 amide bonds. The van der Waals surface area contributed by atoms with Crippen molar-refractivity contribution < 1.29 is 33.8 Å². The molecule has 0 aromatic heterocycles. The van der Waals surface area contributed by atoms with Gasteiger partial charge in [-0.1, -0.05) is 93.1 Å². The number of hydrogen-bond acceptors (Lipinski definition) is 7. The fourth-order valence-electron chi connectivity index (χ4n) is 8.30. The van der Waals surface area contributed by atoms with Gasteiger partial charge in [0.05, 0.1) is 36.6 Å². The first-order valence-electron chi connectivity index (χ1n) is 18.2. The van der Waals surface area contributed by atoms with Gasteiger partial charge < -0.3 is 29.3 Å². The molecule has 274 valence electrons. The number of nitrogens with zero attached hydrogens (tertiary/aromatic N) is 3. The van der Waals surface area contributed by atoms with Crippen molar-refractivity contribution in [3.8, 4) is 0 Å². The summed E-state index contributed by atoms with van der Waals surface area (Å²) in [4.78, 5) is 62.0. The molecule has 3 heterocycles. The summed E-state index contributed by atoms with van der Waals surface area (Å²) in [5, 5.41) is 10.7. The third-order valence-corrected chi connectivity index (χ3v) is 11.3. The highest BCUT2D eigenvalue weighted by Crippen LogP contribution is 2.59. The molecule has 3 aliphatic heterocycles. The van der Waals surface area contributed by atoms with E-state index in [0.717, 1.165) is 5.56 Å². The Bertz CT molecular complexity index is 1570. The van der Waals surface area contributed by atoms with Crippen molar-refractivity contribution >= 4 is 23.7 Å².